The van der Waals surface area contributed by atoms with Gasteiger partial charge >= 0.3 is 0 Å². The third-order valence-corrected chi connectivity index (χ3v) is 4.69. The van der Waals surface area contributed by atoms with E-state index < -0.39 is 0 Å². The highest BCUT2D eigenvalue weighted by Gasteiger charge is 2.40. The van der Waals surface area contributed by atoms with E-state index in [4.69, 9.17) is 5.73 Å². The highest BCUT2D eigenvalue weighted by atomic mass is 32.1. The van der Waals surface area contributed by atoms with Gasteiger partial charge in [0.15, 0.2) is 0 Å². The summed E-state index contributed by atoms with van der Waals surface area (Å²) in [5, 5.41) is 3.37. The Morgan fingerprint density at radius 1 is 1.50 bits per heavy atom. The fourth-order valence-electron chi connectivity index (χ4n) is 2.76. The van der Waals surface area contributed by atoms with Crippen LogP contribution in [0.15, 0.2) is 5.38 Å². The minimum Gasteiger partial charge on any atom is -0.326 e. The van der Waals surface area contributed by atoms with Crippen LogP contribution < -0.4 is 5.73 Å². The van der Waals surface area contributed by atoms with E-state index in [9.17, 15) is 0 Å². The van der Waals surface area contributed by atoms with Gasteiger partial charge in [0, 0.05) is 30.2 Å². The number of aryl methyl sites for hydroxylation is 1. The predicted molar refractivity (Wildman–Crippen MR) is 66.3 cm³/mol. The Hall–Kier alpha value is -0.450. The number of likely N-dealkylation sites (tertiary alicyclic amines) is 1. The summed E-state index contributed by atoms with van der Waals surface area (Å²) >= 11 is 1.77. The fraction of sp³-hybridized carbons (Fsp3) is 0.750. The zero-order valence-corrected chi connectivity index (χ0v) is 10.5. The molecule has 1 aromatic rings. The number of thiazole rings is 1. The Kier molecular flexibility index (Phi) is 2.73. The van der Waals surface area contributed by atoms with E-state index in [1.807, 2.05) is 0 Å². The van der Waals surface area contributed by atoms with Crippen molar-refractivity contribution in [3.8, 4) is 0 Å². The molecule has 0 spiro atoms. The second-order valence-corrected chi connectivity index (χ2v) is 6.18. The van der Waals surface area contributed by atoms with Crippen LogP contribution in [0.25, 0.3) is 0 Å². The fourth-order valence-corrected chi connectivity index (χ4v) is 3.57. The Bertz CT molecular complexity index is 372. The third-order valence-electron chi connectivity index (χ3n) is 3.74. The van der Waals surface area contributed by atoms with Gasteiger partial charge in [-0.1, -0.05) is 0 Å². The average molecular weight is 237 g/mol. The Morgan fingerprint density at radius 3 is 2.94 bits per heavy atom. The van der Waals surface area contributed by atoms with Crippen molar-refractivity contribution < 1.29 is 0 Å². The molecule has 2 heterocycles. The van der Waals surface area contributed by atoms with Crippen LogP contribution in [0.5, 0.6) is 0 Å². The summed E-state index contributed by atoms with van der Waals surface area (Å²) in [6.07, 6.45) is 2.81. The number of nitrogens with two attached hydrogens (primary N) is 1. The molecule has 0 amide bonds. The summed E-state index contributed by atoms with van der Waals surface area (Å²) in [5.41, 5.74) is 7.35. The van der Waals surface area contributed by atoms with Gasteiger partial charge in [0.2, 0.25) is 0 Å². The molecule has 1 saturated heterocycles. The minimum atomic E-state index is 0.397. The van der Waals surface area contributed by atoms with Gasteiger partial charge in [-0.3, -0.25) is 4.90 Å². The maximum Gasteiger partial charge on any atom is 0.107 e. The molecule has 1 aliphatic heterocycles. The Morgan fingerprint density at radius 2 is 2.31 bits per heavy atom. The molecule has 1 aliphatic carbocycles. The van der Waals surface area contributed by atoms with Crippen molar-refractivity contribution in [2.45, 2.75) is 32.4 Å². The first-order chi connectivity index (χ1) is 7.72. The molecule has 2 aliphatic rings. The zero-order chi connectivity index (χ0) is 11.1. The maximum atomic E-state index is 6.21. The number of hydrogen-bond donors (Lipinski definition) is 1. The molecule has 88 valence electrons. The second kappa shape index (κ2) is 4.09. The van der Waals surface area contributed by atoms with Gasteiger partial charge in [-0.25, -0.2) is 4.98 Å². The van der Waals surface area contributed by atoms with Crippen LogP contribution in [-0.4, -0.2) is 29.0 Å². The highest BCUT2D eigenvalue weighted by Crippen LogP contribution is 2.41. The second-order valence-electron chi connectivity index (χ2n) is 5.24. The molecule has 4 heteroatoms. The molecule has 0 unspecified atom stereocenters. The molecule has 0 bridgehead atoms. The van der Waals surface area contributed by atoms with Gasteiger partial charge in [0.1, 0.15) is 5.01 Å². The van der Waals surface area contributed by atoms with Crippen LogP contribution in [0, 0.1) is 18.8 Å². The van der Waals surface area contributed by atoms with Crippen molar-refractivity contribution in [2.75, 3.05) is 13.1 Å². The highest BCUT2D eigenvalue weighted by molar-refractivity contribution is 7.09. The number of nitrogens with zero attached hydrogens (tertiary/aromatic N) is 2. The molecule has 16 heavy (non-hydrogen) atoms. The number of rotatable bonds is 3. The lowest BCUT2D eigenvalue weighted by Crippen LogP contribution is -2.30. The monoisotopic (exact) mass is 237 g/mol. The number of hydrogen-bond acceptors (Lipinski definition) is 4. The van der Waals surface area contributed by atoms with Gasteiger partial charge < -0.3 is 5.73 Å². The summed E-state index contributed by atoms with van der Waals surface area (Å²) < 4.78 is 0. The van der Waals surface area contributed by atoms with Crippen LogP contribution >= 0.6 is 11.3 Å². The molecule has 1 saturated carbocycles. The quantitative estimate of drug-likeness (QED) is 0.868. The van der Waals surface area contributed by atoms with Crippen molar-refractivity contribution in [1.29, 1.82) is 0 Å². The normalized spacial score (nSPS) is 31.1. The van der Waals surface area contributed by atoms with Crippen LogP contribution in [0.3, 0.4) is 0 Å². The van der Waals surface area contributed by atoms with Crippen LogP contribution in [0.2, 0.25) is 0 Å². The van der Waals surface area contributed by atoms with Gasteiger partial charge in [-0.05, 0) is 31.6 Å². The molecule has 0 aromatic carbocycles. The van der Waals surface area contributed by atoms with Crippen LogP contribution in [-0.2, 0) is 6.54 Å². The molecule has 2 atom stereocenters. The largest absolute Gasteiger partial charge is 0.326 e. The van der Waals surface area contributed by atoms with Gasteiger partial charge in [-0.2, -0.15) is 0 Å². The van der Waals surface area contributed by atoms with E-state index in [1.54, 1.807) is 11.3 Å². The van der Waals surface area contributed by atoms with Crippen LogP contribution in [0.4, 0.5) is 0 Å². The molecule has 0 radical (unpaired) electrons. The lowest BCUT2D eigenvalue weighted by molar-refractivity contribution is 0.309. The molecule has 3 nitrogen and oxygen atoms in total. The zero-order valence-electron chi connectivity index (χ0n) is 9.72. The minimum absolute atomic E-state index is 0.397. The maximum absolute atomic E-state index is 6.21. The van der Waals surface area contributed by atoms with E-state index >= 15 is 0 Å². The van der Waals surface area contributed by atoms with E-state index in [1.165, 1.54) is 24.4 Å². The lowest BCUT2D eigenvalue weighted by atomic mass is 9.99. The first-order valence-electron chi connectivity index (χ1n) is 6.11. The van der Waals surface area contributed by atoms with Crippen molar-refractivity contribution in [2.24, 2.45) is 17.6 Å². The van der Waals surface area contributed by atoms with Gasteiger partial charge in [-0.15, -0.1) is 11.3 Å². The SMILES string of the molecule is Cc1csc(CN2C[C@H](C3CC3)[C@@H](N)C2)n1. The Balaban J connectivity index is 1.60. The Labute approximate surface area is 101 Å². The topological polar surface area (TPSA) is 42.1 Å². The van der Waals surface area contributed by atoms with E-state index in [-0.39, 0.29) is 0 Å². The molecular formula is C12H19N3S. The summed E-state index contributed by atoms with van der Waals surface area (Å²) in [7, 11) is 0. The predicted octanol–water partition coefficient (Wildman–Crippen LogP) is 1.62. The van der Waals surface area contributed by atoms with E-state index in [0.29, 0.717) is 6.04 Å². The van der Waals surface area contributed by atoms with Crippen molar-refractivity contribution >= 4 is 11.3 Å². The molecule has 1 aromatic heterocycles. The summed E-state index contributed by atoms with van der Waals surface area (Å²) in [6, 6.07) is 0.397. The average Bonchev–Trinajstić information content (AvgIpc) is 2.91. The van der Waals surface area contributed by atoms with Gasteiger partial charge in [0.05, 0.1) is 6.54 Å². The van der Waals surface area contributed by atoms with Crippen LogP contribution in [0.1, 0.15) is 23.5 Å². The molecule has 2 fully saturated rings. The first-order valence-corrected chi connectivity index (χ1v) is 6.99. The molecular weight excluding hydrogens is 218 g/mol. The van der Waals surface area contributed by atoms with Crippen molar-refractivity contribution in [1.82, 2.24) is 9.88 Å². The van der Waals surface area contributed by atoms with Crippen molar-refractivity contribution in [3.05, 3.63) is 16.1 Å². The standard InChI is InChI=1S/C12H19N3S/c1-8-7-16-12(14-8)6-15-4-10(9-2-3-9)11(13)5-15/h7,9-11H,2-6,13H2,1H3/t10-,11+/m1/s1. The summed E-state index contributed by atoms with van der Waals surface area (Å²) in [4.78, 5) is 7.00. The van der Waals surface area contributed by atoms with E-state index in [2.05, 4.69) is 22.2 Å². The van der Waals surface area contributed by atoms with Crippen molar-refractivity contribution in [3.63, 3.8) is 0 Å². The molecule has 3 rings (SSSR count). The van der Waals surface area contributed by atoms with Gasteiger partial charge in [0.25, 0.3) is 0 Å². The summed E-state index contributed by atoms with van der Waals surface area (Å²) in [6.45, 7) is 5.29. The first kappa shape index (κ1) is 10.7. The van der Waals surface area contributed by atoms with E-state index in [0.717, 1.165) is 30.6 Å². The molecule has 2 N–H and O–H groups in total. The number of aromatic nitrogens is 1. The lowest BCUT2D eigenvalue weighted by Gasteiger charge is -2.13. The summed E-state index contributed by atoms with van der Waals surface area (Å²) in [5.74, 6) is 1.68. The smallest absolute Gasteiger partial charge is 0.107 e. The third kappa shape index (κ3) is 2.14.